The Hall–Kier alpha value is -3.85. The molecule has 1 aliphatic heterocycles. The van der Waals surface area contributed by atoms with Gasteiger partial charge in [0, 0.05) is 18.2 Å². The standard InChI is InChI=1S/C29H30N4O2/c30-19-20-12-14-21(15-13-20)22-17-25(24-9-4-5-11-27(24)34)32-28(18-22)33-16-6-10-26(33)29(35)31-23-7-2-1-3-8-23/h4-5,9,11-15,17-18,23,26,34H,1-3,6-8,10,16H2,(H,31,35)/t26-/m0/s1. The van der Waals surface area contributed by atoms with Gasteiger partial charge in [-0.2, -0.15) is 5.26 Å². The number of pyridine rings is 1. The second-order valence-corrected chi connectivity index (χ2v) is 9.50. The molecular formula is C29H30N4O2. The summed E-state index contributed by atoms with van der Waals surface area (Å²) < 4.78 is 0. The Kier molecular flexibility index (Phi) is 6.67. The van der Waals surface area contributed by atoms with Gasteiger partial charge in [0.25, 0.3) is 0 Å². The van der Waals surface area contributed by atoms with E-state index in [0.29, 0.717) is 16.8 Å². The van der Waals surface area contributed by atoms with Crippen molar-refractivity contribution in [3.8, 4) is 34.2 Å². The van der Waals surface area contributed by atoms with E-state index in [9.17, 15) is 15.2 Å². The molecule has 1 amide bonds. The molecule has 2 N–H and O–H groups in total. The van der Waals surface area contributed by atoms with Crippen LogP contribution < -0.4 is 10.2 Å². The molecule has 1 saturated carbocycles. The van der Waals surface area contributed by atoms with Gasteiger partial charge in [-0.3, -0.25) is 4.79 Å². The summed E-state index contributed by atoms with van der Waals surface area (Å²) in [5.41, 5.74) is 3.77. The molecule has 0 unspecified atom stereocenters. The van der Waals surface area contributed by atoms with Crippen LogP contribution in [0.1, 0.15) is 50.5 Å². The molecule has 0 radical (unpaired) electrons. The molecule has 3 aromatic rings. The number of aromatic hydroxyl groups is 1. The van der Waals surface area contributed by atoms with Gasteiger partial charge in [0.05, 0.1) is 17.3 Å². The number of nitrogens with one attached hydrogen (secondary N) is 1. The minimum atomic E-state index is -0.252. The molecule has 0 spiro atoms. The molecule has 1 aliphatic carbocycles. The number of carbonyl (C=O) groups is 1. The van der Waals surface area contributed by atoms with E-state index in [2.05, 4.69) is 16.3 Å². The maximum absolute atomic E-state index is 13.3. The second-order valence-electron chi connectivity index (χ2n) is 9.50. The lowest BCUT2D eigenvalue weighted by Gasteiger charge is -2.29. The smallest absolute Gasteiger partial charge is 0.242 e. The molecule has 178 valence electrons. The topological polar surface area (TPSA) is 89.2 Å². The van der Waals surface area contributed by atoms with Crippen molar-refractivity contribution in [2.45, 2.75) is 57.0 Å². The lowest BCUT2D eigenvalue weighted by molar-refractivity contribution is -0.123. The van der Waals surface area contributed by atoms with E-state index in [-0.39, 0.29) is 23.7 Å². The highest BCUT2D eigenvalue weighted by atomic mass is 16.3. The average Bonchev–Trinajstić information content (AvgIpc) is 3.40. The molecule has 2 aliphatic rings. The van der Waals surface area contributed by atoms with Crippen molar-refractivity contribution in [3.63, 3.8) is 0 Å². The number of aromatic nitrogens is 1. The zero-order valence-corrected chi connectivity index (χ0v) is 19.8. The number of amides is 1. The van der Waals surface area contributed by atoms with Crippen molar-refractivity contribution >= 4 is 11.7 Å². The molecule has 6 heteroatoms. The molecule has 1 saturated heterocycles. The van der Waals surface area contributed by atoms with Crippen LogP contribution in [0.25, 0.3) is 22.4 Å². The lowest BCUT2D eigenvalue weighted by atomic mass is 9.95. The fourth-order valence-electron chi connectivity index (χ4n) is 5.25. The van der Waals surface area contributed by atoms with Gasteiger partial charge < -0.3 is 15.3 Å². The number of nitrogens with zero attached hydrogens (tertiary/aromatic N) is 3. The summed E-state index contributed by atoms with van der Waals surface area (Å²) >= 11 is 0. The van der Waals surface area contributed by atoms with Crippen LogP contribution in [0.4, 0.5) is 5.82 Å². The van der Waals surface area contributed by atoms with E-state index >= 15 is 0 Å². The highest BCUT2D eigenvalue weighted by Gasteiger charge is 2.33. The van der Waals surface area contributed by atoms with E-state index < -0.39 is 0 Å². The minimum absolute atomic E-state index is 0.0871. The number of hydrogen-bond acceptors (Lipinski definition) is 5. The minimum Gasteiger partial charge on any atom is -0.507 e. The molecule has 1 atom stereocenters. The number of phenols is 1. The van der Waals surface area contributed by atoms with Crippen molar-refractivity contribution in [1.29, 1.82) is 5.26 Å². The second kappa shape index (κ2) is 10.2. The maximum Gasteiger partial charge on any atom is 0.242 e. The zero-order valence-electron chi connectivity index (χ0n) is 19.8. The van der Waals surface area contributed by atoms with Gasteiger partial charge in [0.1, 0.15) is 17.6 Å². The van der Waals surface area contributed by atoms with Crippen LogP contribution in [0.3, 0.4) is 0 Å². The van der Waals surface area contributed by atoms with E-state index in [1.54, 1.807) is 24.3 Å². The molecule has 5 rings (SSSR count). The molecule has 2 heterocycles. The van der Waals surface area contributed by atoms with Gasteiger partial charge in [-0.05, 0) is 73.2 Å². The zero-order chi connectivity index (χ0) is 24.2. The first-order chi connectivity index (χ1) is 17.1. The Morgan fingerprint density at radius 3 is 2.49 bits per heavy atom. The van der Waals surface area contributed by atoms with Gasteiger partial charge in [-0.15, -0.1) is 0 Å². The third-order valence-corrected chi connectivity index (χ3v) is 7.14. The van der Waals surface area contributed by atoms with E-state index in [1.807, 2.05) is 36.4 Å². The lowest BCUT2D eigenvalue weighted by Crippen LogP contribution is -2.47. The van der Waals surface area contributed by atoms with Crippen LogP contribution in [-0.2, 0) is 4.79 Å². The van der Waals surface area contributed by atoms with Gasteiger partial charge >= 0.3 is 0 Å². The number of para-hydroxylation sites is 1. The van der Waals surface area contributed by atoms with Crippen LogP contribution in [0.2, 0.25) is 0 Å². The van der Waals surface area contributed by atoms with Crippen molar-refractivity contribution in [2.24, 2.45) is 0 Å². The third-order valence-electron chi connectivity index (χ3n) is 7.14. The first-order valence-corrected chi connectivity index (χ1v) is 12.5. The predicted molar refractivity (Wildman–Crippen MR) is 137 cm³/mol. The average molecular weight is 467 g/mol. The summed E-state index contributed by atoms with van der Waals surface area (Å²) in [7, 11) is 0. The van der Waals surface area contributed by atoms with Crippen molar-refractivity contribution in [3.05, 3.63) is 66.2 Å². The van der Waals surface area contributed by atoms with Crippen molar-refractivity contribution in [2.75, 3.05) is 11.4 Å². The third kappa shape index (κ3) is 5.00. The summed E-state index contributed by atoms with van der Waals surface area (Å²) in [6, 6.07) is 20.7. The predicted octanol–water partition coefficient (Wildman–Crippen LogP) is 5.41. The summed E-state index contributed by atoms with van der Waals surface area (Å²) in [4.78, 5) is 20.3. The SMILES string of the molecule is N#Cc1ccc(-c2cc(-c3ccccc3O)nc(N3CCC[C@H]3C(=O)NC3CCCCC3)c2)cc1. The Morgan fingerprint density at radius 2 is 1.74 bits per heavy atom. The van der Waals surface area contributed by atoms with Crippen molar-refractivity contribution in [1.82, 2.24) is 10.3 Å². The van der Waals surface area contributed by atoms with Gasteiger partial charge in [0.2, 0.25) is 5.91 Å². The van der Waals surface area contributed by atoms with Gasteiger partial charge in [-0.25, -0.2) is 4.98 Å². The van der Waals surface area contributed by atoms with Crippen LogP contribution in [0.15, 0.2) is 60.7 Å². The molecule has 6 nitrogen and oxygen atoms in total. The summed E-state index contributed by atoms with van der Waals surface area (Å²) in [5, 5.41) is 23.0. The van der Waals surface area contributed by atoms with Crippen LogP contribution in [-0.4, -0.2) is 34.6 Å². The van der Waals surface area contributed by atoms with E-state index in [0.717, 1.165) is 49.2 Å². The summed E-state index contributed by atoms with van der Waals surface area (Å²) in [5.74, 6) is 0.978. The quantitative estimate of drug-likeness (QED) is 0.525. The number of hydrogen-bond donors (Lipinski definition) is 2. The number of nitriles is 1. The van der Waals surface area contributed by atoms with E-state index in [4.69, 9.17) is 4.98 Å². The Balaban J connectivity index is 1.51. The summed E-state index contributed by atoms with van der Waals surface area (Å²) in [6.07, 6.45) is 7.45. The normalized spacial score (nSPS) is 18.3. The Bertz CT molecular complexity index is 1240. The number of carbonyl (C=O) groups excluding carboxylic acids is 1. The number of phenolic OH excluding ortho intramolecular Hbond substituents is 1. The van der Waals surface area contributed by atoms with Crippen LogP contribution >= 0.6 is 0 Å². The number of anilines is 1. The molecule has 35 heavy (non-hydrogen) atoms. The molecule has 2 aromatic carbocycles. The Labute approximate surface area is 206 Å². The monoisotopic (exact) mass is 466 g/mol. The van der Waals surface area contributed by atoms with Crippen molar-refractivity contribution < 1.29 is 9.90 Å². The van der Waals surface area contributed by atoms with Gasteiger partial charge in [0.15, 0.2) is 0 Å². The van der Waals surface area contributed by atoms with E-state index in [1.165, 1.54) is 19.3 Å². The number of benzene rings is 2. The molecule has 1 aromatic heterocycles. The highest BCUT2D eigenvalue weighted by Crippen LogP contribution is 2.35. The molecular weight excluding hydrogens is 436 g/mol. The fraction of sp³-hybridized carbons (Fsp3) is 0.345. The molecule has 0 bridgehead atoms. The fourth-order valence-corrected chi connectivity index (χ4v) is 5.25. The first-order valence-electron chi connectivity index (χ1n) is 12.5. The first kappa shape index (κ1) is 22.9. The maximum atomic E-state index is 13.3. The summed E-state index contributed by atoms with van der Waals surface area (Å²) in [6.45, 7) is 0.757. The largest absolute Gasteiger partial charge is 0.507 e. The number of rotatable bonds is 5. The van der Waals surface area contributed by atoms with Gasteiger partial charge in [-0.1, -0.05) is 43.5 Å². The Morgan fingerprint density at radius 1 is 0.971 bits per heavy atom. The highest BCUT2D eigenvalue weighted by molar-refractivity contribution is 5.86. The van der Waals surface area contributed by atoms with Crippen LogP contribution in [0, 0.1) is 11.3 Å². The molecule has 2 fully saturated rings. The van der Waals surface area contributed by atoms with Crippen LogP contribution in [0.5, 0.6) is 5.75 Å².